The van der Waals surface area contributed by atoms with Gasteiger partial charge in [0.2, 0.25) is 0 Å². The van der Waals surface area contributed by atoms with E-state index in [2.05, 4.69) is 85.4 Å². The van der Waals surface area contributed by atoms with Crippen molar-refractivity contribution in [2.24, 2.45) is 0 Å². The van der Waals surface area contributed by atoms with Crippen LogP contribution in [0.4, 0.5) is 0 Å². The molecule has 2 aromatic rings. The van der Waals surface area contributed by atoms with Crippen molar-refractivity contribution in [2.75, 3.05) is 0 Å². The van der Waals surface area contributed by atoms with E-state index in [1.54, 1.807) is 0 Å². The zero-order valence-electron chi connectivity index (χ0n) is 18.3. The van der Waals surface area contributed by atoms with Gasteiger partial charge < -0.3 is 4.42 Å². The summed E-state index contributed by atoms with van der Waals surface area (Å²) in [5.41, 5.74) is 0.114. The molecule has 0 fully saturated rings. The van der Waals surface area contributed by atoms with Gasteiger partial charge in [-0.3, -0.25) is 0 Å². The molecule has 2 heterocycles. The fourth-order valence-corrected chi connectivity index (χ4v) is 3.83. The fraction of sp³-hybridized carbons (Fsp3) is 0.727. The molecule has 26 heavy (non-hydrogen) atoms. The van der Waals surface area contributed by atoms with Gasteiger partial charge in [0.15, 0.2) is 5.89 Å². The molecule has 0 N–H and O–H groups in total. The Labute approximate surface area is 163 Å². The van der Waals surface area contributed by atoms with Crippen LogP contribution in [0, 0.1) is 0 Å². The zero-order chi connectivity index (χ0) is 20.0. The molecule has 0 bridgehead atoms. The van der Waals surface area contributed by atoms with Crippen molar-refractivity contribution in [3.05, 3.63) is 33.9 Å². The predicted molar refractivity (Wildman–Crippen MR) is 111 cm³/mol. The van der Waals surface area contributed by atoms with Crippen LogP contribution in [0.25, 0.3) is 0 Å². The molecule has 0 saturated heterocycles. The first kappa shape index (κ1) is 21.1. The van der Waals surface area contributed by atoms with Gasteiger partial charge in [-0.05, 0) is 12.8 Å². The third kappa shape index (κ3) is 4.76. The number of aromatic nitrogens is 2. The van der Waals surface area contributed by atoms with Gasteiger partial charge in [-0.2, -0.15) is 0 Å². The molecular weight excluding hydrogens is 340 g/mol. The van der Waals surface area contributed by atoms with E-state index in [1.165, 1.54) is 9.88 Å². The number of nitrogens with zero attached hydrogens (tertiary/aromatic N) is 2. The summed E-state index contributed by atoms with van der Waals surface area (Å²) in [4.78, 5) is 10.6. The van der Waals surface area contributed by atoms with E-state index in [0.29, 0.717) is 0 Å². The SMILES string of the molecule is CC(C)(C)c1cnc(C(C)(C)CCC(C)(C)c2cnc(C(C)(C)C)s2)o1. The van der Waals surface area contributed by atoms with Crippen molar-refractivity contribution in [3.63, 3.8) is 0 Å². The number of thiazole rings is 1. The van der Waals surface area contributed by atoms with Crippen LogP contribution in [0.5, 0.6) is 0 Å². The van der Waals surface area contributed by atoms with Crippen LogP contribution in [0.1, 0.15) is 104 Å². The van der Waals surface area contributed by atoms with E-state index in [4.69, 9.17) is 4.42 Å². The van der Waals surface area contributed by atoms with Crippen molar-refractivity contribution in [1.82, 2.24) is 9.97 Å². The monoisotopic (exact) mass is 376 g/mol. The van der Waals surface area contributed by atoms with Crippen LogP contribution in [-0.2, 0) is 21.7 Å². The Balaban J connectivity index is 2.12. The average Bonchev–Trinajstić information content (AvgIpc) is 3.13. The first-order valence-corrected chi connectivity index (χ1v) is 10.4. The summed E-state index contributed by atoms with van der Waals surface area (Å²) >= 11 is 1.85. The average molecular weight is 377 g/mol. The lowest BCUT2D eigenvalue weighted by Crippen LogP contribution is -2.24. The summed E-state index contributed by atoms with van der Waals surface area (Å²) in [6, 6.07) is 0. The van der Waals surface area contributed by atoms with Gasteiger partial charge in [-0.1, -0.05) is 69.2 Å². The van der Waals surface area contributed by atoms with E-state index in [-0.39, 0.29) is 21.7 Å². The summed E-state index contributed by atoms with van der Waals surface area (Å²) in [5, 5.41) is 1.21. The highest BCUT2D eigenvalue weighted by Gasteiger charge is 2.33. The van der Waals surface area contributed by atoms with E-state index in [9.17, 15) is 0 Å². The predicted octanol–water partition coefficient (Wildman–Crippen LogP) is 6.76. The quantitative estimate of drug-likeness (QED) is 0.578. The Bertz CT molecular complexity index is 675. The highest BCUT2D eigenvalue weighted by Crippen LogP contribution is 2.40. The van der Waals surface area contributed by atoms with Crippen molar-refractivity contribution in [2.45, 2.75) is 104 Å². The van der Waals surface area contributed by atoms with Gasteiger partial charge in [-0.25, -0.2) is 9.97 Å². The number of oxazole rings is 1. The zero-order valence-corrected chi connectivity index (χ0v) is 19.1. The molecule has 0 aliphatic rings. The van der Waals surface area contributed by atoms with Crippen LogP contribution >= 0.6 is 11.3 Å². The maximum atomic E-state index is 6.11. The van der Waals surface area contributed by atoms with Gasteiger partial charge in [0.25, 0.3) is 0 Å². The van der Waals surface area contributed by atoms with E-state index in [1.807, 2.05) is 17.5 Å². The lowest BCUT2D eigenvalue weighted by atomic mass is 9.78. The minimum atomic E-state index is -0.0850. The molecule has 0 aromatic carbocycles. The molecule has 0 atom stereocenters. The Morgan fingerprint density at radius 1 is 0.769 bits per heavy atom. The van der Waals surface area contributed by atoms with Crippen LogP contribution < -0.4 is 0 Å². The second-order valence-electron chi connectivity index (χ2n) is 10.8. The number of rotatable bonds is 5. The molecule has 0 unspecified atom stereocenters. The van der Waals surface area contributed by atoms with E-state index < -0.39 is 0 Å². The smallest absolute Gasteiger partial charge is 0.200 e. The molecule has 2 aromatic heterocycles. The molecule has 4 heteroatoms. The third-order valence-electron chi connectivity index (χ3n) is 5.01. The lowest BCUT2D eigenvalue weighted by Gasteiger charge is -2.28. The van der Waals surface area contributed by atoms with Gasteiger partial charge in [-0.15, -0.1) is 11.3 Å². The number of hydrogen-bond donors (Lipinski definition) is 0. The topological polar surface area (TPSA) is 38.9 Å². The molecule has 0 amide bonds. The summed E-state index contributed by atoms with van der Waals surface area (Å²) in [5.74, 6) is 1.80. The molecule has 3 nitrogen and oxygen atoms in total. The largest absolute Gasteiger partial charge is 0.445 e. The summed E-state index contributed by atoms with van der Waals surface area (Å²) in [6.45, 7) is 22.2. The molecule has 0 aliphatic heterocycles. The van der Waals surface area contributed by atoms with Gasteiger partial charge in [0, 0.05) is 32.7 Å². The molecule has 2 rings (SSSR count). The molecule has 0 spiro atoms. The van der Waals surface area contributed by atoms with Crippen LogP contribution in [0.3, 0.4) is 0 Å². The highest BCUT2D eigenvalue weighted by molar-refractivity contribution is 7.11. The van der Waals surface area contributed by atoms with Gasteiger partial charge in [0.05, 0.1) is 11.2 Å². The Morgan fingerprint density at radius 2 is 1.35 bits per heavy atom. The number of hydrogen-bond acceptors (Lipinski definition) is 4. The van der Waals surface area contributed by atoms with Crippen molar-refractivity contribution in [1.29, 1.82) is 0 Å². The molecule has 0 aliphatic carbocycles. The highest BCUT2D eigenvalue weighted by atomic mass is 32.1. The van der Waals surface area contributed by atoms with Crippen LogP contribution in [-0.4, -0.2) is 9.97 Å². The Kier molecular flexibility index (Phi) is 5.51. The van der Waals surface area contributed by atoms with Gasteiger partial charge >= 0.3 is 0 Å². The van der Waals surface area contributed by atoms with E-state index in [0.717, 1.165) is 24.5 Å². The lowest BCUT2D eigenvalue weighted by molar-refractivity contribution is 0.289. The summed E-state index contributed by atoms with van der Waals surface area (Å²) < 4.78 is 6.11. The summed E-state index contributed by atoms with van der Waals surface area (Å²) in [6.07, 6.45) is 6.05. The standard InChI is InChI=1S/C22H36N2OS/c1-19(2,3)15-13-23-17(25-15)22(9,10)12-11-21(7,8)16-14-24-18(26-16)20(4,5)6/h13-14H,11-12H2,1-10H3. The first-order valence-electron chi connectivity index (χ1n) is 9.56. The summed E-state index contributed by atoms with van der Waals surface area (Å²) in [7, 11) is 0. The molecule has 146 valence electrons. The minimum Gasteiger partial charge on any atom is -0.445 e. The second kappa shape index (κ2) is 6.78. The third-order valence-corrected chi connectivity index (χ3v) is 6.80. The Morgan fingerprint density at radius 3 is 1.81 bits per heavy atom. The molecular formula is C22H36N2OS. The van der Waals surface area contributed by atoms with E-state index >= 15 is 0 Å². The molecule has 0 saturated carbocycles. The van der Waals surface area contributed by atoms with Crippen molar-refractivity contribution < 1.29 is 4.42 Å². The minimum absolute atomic E-state index is 0.00735. The van der Waals surface area contributed by atoms with Crippen LogP contribution in [0.15, 0.2) is 16.8 Å². The first-order chi connectivity index (χ1) is 11.6. The fourth-order valence-electron chi connectivity index (χ4n) is 2.72. The van der Waals surface area contributed by atoms with Crippen molar-refractivity contribution in [3.8, 4) is 0 Å². The van der Waals surface area contributed by atoms with Crippen LogP contribution in [0.2, 0.25) is 0 Å². The van der Waals surface area contributed by atoms with Crippen molar-refractivity contribution >= 4 is 11.3 Å². The molecule has 0 radical (unpaired) electrons. The Hall–Kier alpha value is -1.16. The maximum Gasteiger partial charge on any atom is 0.200 e. The maximum absolute atomic E-state index is 6.11. The second-order valence-corrected chi connectivity index (χ2v) is 11.9. The van der Waals surface area contributed by atoms with Gasteiger partial charge in [0.1, 0.15) is 5.76 Å². The normalized spacial score (nSPS) is 14.1.